The fourth-order valence-corrected chi connectivity index (χ4v) is 5.31. The number of ether oxygens (including phenoxy) is 1. The lowest BCUT2D eigenvalue weighted by Crippen LogP contribution is -2.48. The van der Waals surface area contributed by atoms with Gasteiger partial charge in [0.1, 0.15) is 10.6 Å². The van der Waals surface area contributed by atoms with Gasteiger partial charge in [0.2, 0.25) is 10.0 Å². The van der Waals surface area contributed by atoms with E-state index in [-0.39, 0.29) is 10.8 Å². The molecule has 8 heteroatoms. The molecule has 0 saturated carbocycles. The second-order valence-electron chi connectivity index (χ2n) is 6.93. The molecular formula is C19H29N3O4S. The van der Waals surface area contributed by atoms with Crippen molar-refractivity contribution in [2.45, 2.75) is 31.6 Å². The van der Waals surface area contributed by atoms with Gasteiger partial charge in [0.25, 0.3) is 5.91 Å². The van der Waals surface area contributed by atoms with Crippen LogP contribution in [0.5, 0.6) is 5.75 Å². The fraction of sp³-hybridized carbons (Fsp3) is 0.632. The Morgan fingerprint density at radius 3 is 2.30 bits per heavy atom. The molecule has 2 aliphatic heterocycles. The first-order valence-corrected chi connectivity index (χ1v) is 11.2. The smallest absolute Gasteiger partial charge is 0.253 e. The van der Waals surface area contributed by atoms with Crippen LogP contribution in [0.4, 0.5) is 0 Å². The third-order valence-electron chi connectivity index (χ3n) is 5.28. The Morgan fingerprint density at radius 2 is 1.70 bits per heavy atom. The van der Waals surface area contributed by atoms with Gasteiger partial charge in [-0.25, -0.2) is 8.42 Å². The van der Waals surface area contributed by atoms with Crippen LogP contribution in [-0.2, 0) is 10.0 Å². The van der Waals surface area contributed by atoms with E-state index in [1.165, 1.54) is 10.4 Å². The van der Waals surface area contributed by atoms with Crippen LogP contribution in [0.15, 0.2) is 23.1 Å². The van der Waals surface area contributed by atoms with Gasteiger partial charge in [-0.3, -0.25) is 4.79 Å². The summed E-state index contributed by atoms with van der Waals surface area (Å²) in [7, 11) is -3.66. The maximum atomic E-state index is 13.1. The van der Waals surface area contributed by atoms with Crippen molar-refractivity contribution in [1.82, 2.24) is 14.1 Å². The molecule has 2 heterocycles. The average Bonchev–Trinajstić information content (AvgIpc) is 3.24. The highest BCUT2D eigenvalue weighted by atomic mass is 32.2. The van der Waals surface area contributed by atoms with E-state index in [9.17, 15) is 13.2 Å². The van der Waals surface area contributed by atoms with Crippen LogP contribution < -0.4 is 4.74 Å². The Balaban J connectivity index is 1.88. The van der Waals surface area contributed by atoms with Crippen LogP contribution in [0.1, 0.15) is 37.0 Å². The van der Waals surface area contributed by atoms with Crippen LogP contribution in [0, 0.1) is 0 Å². The highest BCUT2D eigenvalue weighted by molar-refractivity contribution is 7.89. The number of likely N-dealkylation sites (N-methyl/N-ethyl adjacent to an activating group) is 1. The van der Waals surface area contributed by atoms with E-state index in [2.05, 4.69) is 11.8 Å². The quantitative estimate of drug-likeness (QED) is 0.733. The van der Waals surface area contributed by atoms with Crippen molar-refractivity contribution in [3.8, 4) is 5.75 Å². The molecule has 0 aliphatic carbocycles. The molecule has 1 aromatic rings. The number of rotatable bonds is 6. The van der Waals surface area contributed by atoms with E-state index >= 15 is 0 Å². The number of benzene rings is 1. The van der Waals surface area contributed by atoms with Crippen molar-refractivity contribution in [1.29, 1.82) is 0 Å². The number of hydrogen-bond acceptors (Lipinski definition) is 5. The molecule has 27 heavy (non-hydrogen) atoms. The summed E-state index contributed by atoms with van der Waals surface area (Å²) in [4.78, 5) is 17.1. The highest BCUT2D eigenvalue weighted by Crippen LogP contribution is 2.30. The van der Waals surface area contributed by atoms with Gasteiger partial charge in [0, 0.05) is 44.8 Å². The van der Waals surface area contributed by atoms with Crippen molar-refractivity contribution >= 4 is 15.9 Å². The first-order chi connectivity index (χ1) is 13.0. The second kappa shape index (κ2) is 8.58. The molecule has 150 valence electrons. The summed E-state index contributed by atoms with van der Waals surface area (Å²) in [5.41, 5.74) is 0.404. The Hall–Kier alpha value is -1.64. The minimum atomic E-state index is -3.66. The number of piperazine rings is 1. The molecule has 0 radical (unpaired) electrons. The zero-order valence-electron chi connectivity index (χ0n) is 16.2. The van der Waals surface area contributed by atoms with E-state index < -0.39 is 10.0 Å². The van der Waals surface area contributed by atoms with E-state index in [1.54, 1.807) is 17.0 Å². The lowest BCUT2D eigenvalue weighted by Gasteiger charge is -2.34. The van der Waals surface area contributed by atoms with Gasteiger partial charge in [-0.05, 0) is 44.5 Å². The predicted octanol–water partition coefficient (Wildman–Crippen LogP) is 1.65. The third-order valence-corrected chi connectivity index (χ3v) is 7.20. The number of nitrogens with zero attached hydrogens (tertiary/aromatic N) is 3. The standard InChI is InChI=1S/C19H29N3O4S/c1-3-20-11-13-21(14-12-20)19(23)16-7-8-17(26-4-2)18(15-16)27(24,25)22-9-5-6-10-22/h7-8,15H,3-6,9-14H2,1-2H3. The lowest BCUT2D eigenvalue weighted by atomic mass is 10.1. The van der Waals surface area contributed by atoms with Gasteiger partial charge in [-0.15, -0.1) is 0 Å². The molecule has 1 aromatic carbocycles. The van der Waals surface area contributed by atoms with Crippen molar-refractivity contribution in [3.05, 3.63) is 23.8 Å². The summed E-state index contributed by atoms with van der Waals surface area (Å²) in [6.45, 7) is 9.32. The molecule has 2 fully saturated rings. The van der Waals surface area contributed by atoms with Crippen molar-refractivity contribution in [2.24, 2.45) is 0 Å². The van der Waals surface area contributed by atoms with Crippen LogP contribution in [-0.4, -0.2) is 80.9 Å². The molecule has 0 atom stereocenters. The first-order valence-electron chi connectivity index (χ1n) is 9.76. The first kappa shape index (κ1) is 20.1. The van der Waals surface area contributed by atoms with Crippen molar-refractivity contribution in [2.75, 3.05) is 52.4 Å². The largest absolute Gasteiger partial charge is 0.492 e. The molecule has 0 N–H and O–H groups in total. The number of hydrogen-bond donors (Lipinski definition) is 0. The highest BCUT2D eigenvalue weighted by Gasteiger charge is 2.31. The number of sulfonamides is 1. The van der Waals surface area contributed by atoms with Gasteiger partial charge in [-0.2, -0.15) is 4.31 Å². The Morgan fingerprint density at radius 1 is 1.04 bits per heavy atom. The number of amides is 1. The molecule has 7 nitrogen and oxygen atoms in total. The normalized spacial score (nSPS) is 19.4. The molecule has 0 aromatic heterocycles. The molecule has 3 rings (SSSR count). The van der Waals surface area contributed by atoms with Gasteiger partial charge < -0.3 is 14.5 Å². The minimum absolute atomic E-state index is 0.101. The molecule has 0 spiro atoms. The fourth-order valence-electron chi connectivity index (χ4n) is 3.63. The summed E-state index contributed by atoms with van der Waals surface area (Å²) < 4.78 is 33.2. The van der Waals surface area contributed by atoms with Gasteiger partial charge in [0.05, 0.1) is 6.61 Å². The minimum Gasteiger partial charge on any atom is -0.492 e. The second-order valence-corrected chi connectivity index (χ2v) is 8.84. The number of carbonyl (C=O) groups excluding carboxylic acids is 1. The van der Waals surface area contributed by atoms with Crippen LogP contribution in [0.2, 0.25) is 0 Å². The molecule has 0 bridgehead atoms. The van der Waals surface area contributed by atoms with Crippen molar-refractivity contribution in [3.63, 3.8) is 0 Å². The predicted molar refractivity (Wildman–Crippen MR) is 104 cm³/mol. The zero-order chi connectivity index (χ0) is 19.4. The Labute approximate surface area is 161 Å². The average molecular weight is 396 g/mol. The van der Waals surface area contributed by atoms with E-state index in [4.69, 9.17) is 4.74 Å². The van der Waals surface area contributed by atoms with Crippen molar-refractivity contribution < 1.29 is 17.9 Å². The Bertz CT molecular complexity index is 767. The summed E-state index contributed by atoms with van der Waals surface area (Å²) in [6, 6.07) is 4.78. The Kier molecular flexibility index (Phi) is 6.39. The topological polar surface area (TPSA) is 70.2 Å². The van der Waals surface area contributed by atoms with Crippen LogP contribution >= 0.6 is 0 Å². The SMILES string of the molecule is CCOc1ccc(C(=O)N2CCN(CC)CC2)cc1S(=O)(=O)N1CCCC1. The third kappa shape index (κ3) is 4.28. The zero-order valence-corrected chi connectivity index (χ0v) is 17.0. The van der Waals surface area contributed by atoms with Gasteiger partial charge in [-0.1, -0.05) is 6.92 Å². The summed E-state index contributed by atoms with van der Waals surface area (Å²) >= 11 is 0. The van der Waals surface area contributed by atoms with Gasteiger partial charge in [0.15, 0.2) is 0 Å². The number of carbonyl (C=O) groups is 1. The van der Waals surface area contributed by atoms with E-state index in [1.807, 2.05) is 6.92 Å². The summed E-state index contributed by atoms with van der Waals surface area (Å²) in [6.07, 6.45) is 1.73. The van der Waals surface area contributed by atoms with E-state index in [0.29, 0.717) is 44.1 Å². The molecule has 1 amide bonds. The molecular weight excluding hydrogens is 366 g/mol. The molecule has 2 saturated heterocycles. The van der Waals surface area contributed by atoms with Crippen LogP contribution in [0.25, 0.3) is 0 Å². The summed E-state index contributed by atoms with van der Waals surface area (Å²) in [5.74, 6) is 0.198. The maximum absolute atomic E-state index is 13.1. The van der Waals surface area contributed by atoms with E-state index in [0.717, 1.165) is 32.5 Å². The molecule has 2 aliphatic rings. The van der Waals surface area contributed by atoms with Gasteiger partial charge >= 0.3 is 0 Å². The van der Waals surface area contributed by atoms with Crippen LogP contribution in [0.3, 0.4) is 0 Å². The summed E-state index contributed by atoms with van der Waals surface area (Å²) in [5, 5.41) is 0. The lowest BCUT2D eigenvalue weighted by molar-refractivity contribution is 0.0643. The monoisotopic (exact) mass is 395 g/mol. The molecule has 0 unspecified atom stereocenters. The maximum Gasteiger partial charge on any atom is 0.253 e.